The summed E-state index contributed by atoms with van der Waals surface area (Å²) in [6.07, 6.45) is 1.15. The average Bonchev–Trinajstić information content (AvgIpc) is 2.27. The van der Waals surface area contributed by atoms with E-state index in [1.54, 1.807) is 0 Å². The van der Waals surface area contributed by atoms with Crippen LogP contribution in [0, 0.1) is 5.41 Å². The Morgan fingerprint density at radius 2 is 2.00 bits per heavy atom. The first kappa shape index (κ1) is 16.5. The van der Waals surface area contributed by atoms with E-state index in [1.807, 2.05) is 25.2 Å². The minimum atomic E-state index is 0.297. The highest BCUT2D eigenvalue weighted by Crippen LogP contribution is 2.22. The molecule has 0 radical (unpaired) electrons. The first-order valence-electron chi connectivity index (χ1n) is 6.93. The van der Waals surface area contributed by atoms with Gasteiger partial charge in [0.15, 0.2) is 0 Å². The Bertz CT molecular complexity index is 385. The van der Waals surface area contributed by atoms with Gasteiger partial charge in [0.25, 0.3) is 0 Å². The van der Waals surface area contributed by atoms with E-state index >= 15 is 0 Å². The summed E-state index contributed by atoms with van der Waals surface area (Å²) in [4.78, 5) is 2.35. The molecule has 1 unspecified atom stereocenters. The zero-order chi connectivity index (χ0) is 14.5. The van der Waals surface area contributed by atoms with Crippen LogP contribution in [0.15, 0.2) is 24.3 Å². The Labute approximate surface area is 123 Å². The fraction of sp³-hybridized carbons (Fsp3) is 0.625. The Kier molecular flexibility index (Phi) is 6.31. The van der Waals surface area contributed by atoms with Crippen molar-refractivity contribution in [1.29, 1.82) is 0 Å². The van der Waals surface area contributed by atoms with Crippen molar-refractivity contribution in [1.82, 2.24) is 10.2 Å². The van der Waals surface area contributed by atoms with Crippen molar-refractivity contribution in [2.45, 2.75) is 39.8 Å². The van der Waals surface area contributed by atoms with Crippen LogP contribution in [0.25, 0.3) is 0 Å². The van der Waals surface area contributed by atoms with E-state index < -0.39 is 0 Å². The molecule has 0 spiro atoms. The van der Waals surface area contributed by atoms with Gasteiger partial charge in [0.1, 0.15) is 0 Å². The molecule has 1 aromatic carbocycles. The predicted octanol–water partition coefficient (Wildman–Crippen LogP) is 3.80. The van der Waals surface area contributed by atoms with Crippen molar-refractivity contribution in [2.75, 3.05) is 20.6 Å². The normalized spacial score (nSPS) is 13.8. The third-order valence-electron chi connectivity index (χ3n) is 3.53. The first-order chi connectivity index (χ1) is 8.82. The molecule has 0 aromatic heterocycles. The summed E-state index contributed by atoms with van der Waals surface area (Å²) in [7, 11) is 4.21. The number of benzene rings is 1. The molecule has 0 aliphatic carbocycles. The molecule has 0 amide bonds. The largest absolute Gasteiger partial charge is 0.316 e. The Morgan fingerprint density at radius 3 is 2.53 bits per heavy atom. The van der Waals surface area contributed by atoms with Crippen LogP contribution in [0.5, 0.6) is 0 Å². The van der Waals surface area contributed by atoms with E-state index in [0.29, 0.717) is 11.5 Å². The van der Waals surface area contributed by atoms with Crippen molar-refractivity contribution in [2.24, 2.45) is 5.41 Å². The minimum Gasteiger partial charge on any atom is -0.316 e. The standard InChI is InChI=1S/C16H27ClN2/c1-16(2,3)15(18-4)9-10-19(5)12-13-7-6-8-14(17)11-13/h6-8,11,15,18H,9-10,12H2,1-5H3. The van der Waals surface area contributed by atoms with Crippen LogP contribution in [0.3, 0.4) is 0 Å². The SMILES string of the molecule is CNC(CCN(C)Cc1cccc(Cl)c1)C(C)(C)C. The van der Waals surface area contributed by atoms with Gasteiger partial charge in [0.05, 0.1) is 0 Å². The quantitative estimate of drug-likeness (QED) is 0.854. The molecule has 0 saturated heterocycles. The zero-order valence-corrected chi connectivity index (χ0v) is 13.6. The molecule has 1 rings (SSSR count). The smallest absolute Gasteiger partial charge is 0.0409 e. The van der Waals surface area contributed by atoms with Gasteiger partial charge in [-0.15, -0.1) is 0 Å². The molecule has 0 aliphatic rings. The van der Waals surface area contributed by atoms with Crippen LogP contribution in [0.1, 0.15) is 32.8 Å². The highest BCUT2D eigenvalue weighted by Gasteiger charge is 2.22. The summed E-state index contributed by atoms with van der Waals surface area (Å²) in [6, 6.07) is 8.63. The van der Waals surface area contributed by atoms with Crippen LogP contribution < -0.4 is 5.32 Å². The zero-order valence-electron chi connectivity index (χ0n) is 12.8. The van der Waals surface area contributed by atoms with Crippen LogP contribution in [-0.2, 0) is 6.54 Å². The summed E-state index contributed by atoms with van der Waals surface area (Å²) in [5, 5.41) is 4.24. The lowest BCUT2D eigenvalue weighted by Crippen LogP contribution is -2.40. The number of hydrogen-bond donors (Lipinski definition) is 1. The summed E-state index contributed by atoms with van der Waals surface area (Å²) >= 11 is 6.01. The van der Waals surface area contributed by atoms with Crippen LogP contribution in [0.2, 0.25) is 5.02 Å². The molecule has 1 N–H and O–H groups in total. The van der Waals surface area contributed by atoms with Crippen molar-refractivity contribution >= 4 is 11.6 Å². The summed E-state index contributed by atoms with van der Waals surface area (Å²) < 4.78 is 0. The number of hydrogen-bond acceptors (Lipinski definition) is 2. The average molecular weight is 283 g/mol. The highest BCUT2D eigenvalue weighted by atomic mass is 35.5. The van der Waals surface area contributed by atoms with Gasteiger partial charge in [0, 0.05) is 17.6 Å². The Morgan fingerprint density at radius 1 is 1.32 bits per heavy atom. The molecular weight excluding hydrogens is 256 g/mol. The molecule has 0 fully saturated rings. The lowest BCUT2D eigenvalue weighted by atomic mass is 9.85. The third-order valence-corrected chi connectivity index (χ3v) is 3.77. The predicted molar refractivity (Wildman–Crippen MR) is 84.7 cm³/mol. The molecule has 0 aliphatic heterocycles. The van der Waals surface area contributed by atoms with Crippen molar-refractivity contribution in [3.8, 4) is 0 Å². The number of nitrogens with zero attached hydrogens (tertiary/aromatic N) is 1. The van der Waals surface area contributed by atoms with E-state index in [1.165, 1.54) is 5.56 Å². The molecule has 3 heteroatoms. The van der Waals surface area contributed by atoms with Gasteiger partial charge in [-0.2, -0.15) is 0 Å². The Balaban J connectivity index is 2.45. The maximum Gasteiger partial charge on any atom is 0.0409 e. The minimum absolute atomic E-state index is 0.297. The van der Waals surface area contributed by atoms with Gasteiger partial charge in [-0.3, -0.25) is 0 Å². The summed E-state index contributed by atoms with van der Waals surface area (Å²) in [5.41, 5.74) is 1.57. The van der Waals surface area contributed by atoms with E-state index in [0.717, 1.165) is 24.5 Å². The molecule has 0 saturated carbocycles. The summed E-state index contributed by atoms with van der Waals surface area (Å²) in [6.45, 7) is 8.87. The van der Waals surface area contributed by atoms with Crippen molar-refractivity contribution in [3.63, 3.8) is 0 Å². The molecule has 2 nitrogen and oxygen atoms in total. The topological polar surface area (TPSA) is 15.3 Å². The van der Waals surface area contributed by atoms with Gasteiger partial charge in [0.2, 0.25) is 0 Å². The fourth-order valence-corrected chi connectivity index (χ4v) is 2.60. The van der Waals surface area contributed by atoms with Crippen LogP contribution in [-0.4, -0.2) is 31.6 Å². The molecule has 0 bridgehead atoms. The third kappa shape index (κ3) is 5.94. The maximum absolute atomic E-state index is 6.01. The van der Waals surface area contributed by atoms with Gasteiger partial charge in [-0.05, 0) is 50.2 Å². The fourth-order valence-electron chi connectivity index (χ4n) is 2.39. The van der Waals surface area contributed by atoms with Gasteiger partial charge in [-0.25, -0.2) is 0 Å². The highest BCUT2D eigenvalue weighted by molar-refractivity contribution is 6.30. The van der Waals surface area contributed by atoms with E-state index in [-0.39, 0.29) is 0 Å². The second kappa shape index (κ2) is 7.28. The summed E-state index contributed by atoms with van der Waals surface area (Å²) in [5.74, 6) is 0. The lowest BCUT2D eigenvalue weighted by molar-refractivity contribution is 0.227. The van der Waals surface area contributed by atoms with Gasteiger partial charge >= 0.3 is 0 Å². The Hall–Kier alpha value is -0.570. The molecular formula is C16H27ClN2. The molecule has 0 heterocycles. The lowest BCUT2D eigenvalue weighted by Gasteiger charge is -2.32. The van der Waals surface area contributed by atoms with Crippen molar-refractivity contribution in [3.05, 3.63) is 34.9 Å². The van der Waals surface area contributed by atoms with Crippen molar-refractivity contribution < 1.29 is 0 Å². The van der Waals surface area contributed by atoms with E-state index in [4.69, 9.17) is 11.6 Å². The van der Waals surface area contributed by atoms with Gasteiger partial charge < -0.3 is 10.2 Å². The monoisotopic (exact) mass is 282 g/mol. The number of nitrogens with one attached hydrogen (secondary N) is 1. The number of rotatable bonds is 6. The maximum atomic E-state index is 6.01. The van der Waals surface area contributed by atoms with E-state index in [9.17, 15) is 0 Å². The molecule has 1 aromatic rings. The van der Waals surface area contributed by atoms with Gasteiger partial charge in [-0.1, -0.05) is 44.5 Å². The number of halogens is 1. The molecule has 1 atom stereocenters. The molecule has 108 valence electrons. The second-order valence-electron chi connectivity index (χ2n) is 6.36. The molecule has 19 heavy (non-hydrogen) atoms. The van der Waals surface area contributed by atoms with Crippen LogP contribution >= 0.6 is 11.6 Å². The van der Waals surface area contributed by atoms with E-state index in [2.05, 4.69) is 44.1 Å². The first-order valence-corrected chi connectivity index (χ1v) is 7.31. The van der Waals surface area contributed by atoms with Crippen LogP contribution in [0.4, 0.5) is 0 Å². The second-order valence-corrected chi connectivity index (χ2v) is 6.80.